The van der Waals surface area contributed by atoms with Crippen molar-refractivity contribution in [1.82, 2.24) is 25.0 Å². The summed E-state index contributed by atoms with van der Waals surface area (Å²) in [6.45, 7) is 5.68. The third kappa shape index (κ3) is 4.80. The molecule has 33 heavy (non-hydrogen) atoms. The van der Waals surface area contributed by atoms with Crippen LogP contribution in [-0.2, 0) is 19.6 Å². The van der Waals surface area contributed by atoms with Crippen LogP contribution in [0.1, 0.15) is 45.4 Å². The number of rotatable bonds is 7. The van der Waals surface area contributed by atoms with Crippen LogP contribution < -0.4 is 10.1 Å². The molecule has 0 aromatic carbocycles. The summed E-state index contributed by atoms with van der Waals surface area (Å²) in [5.74, 6) is -0.243. The minimum atomic E-state index is -3.51. The van der Waals surface area contributed by atoms with Crippen molar-refractivity contribution in [3.05, 3.63) is 0 Å². The molecule has 0 radical (unpaired) electrons. The van der Waals surface area contributed by atoms with Gasteiger partial charge in [0, 0.05) is 63.3 Å². The van der Waals surface area contributed by atoms with Crippen LogP contribution in [0.4, 0.5) is 4.79 Å². The van der Waals surface area contributed by atoms with Crippen LogP contribution in [0.15, 0.2) is 0 Å². The molecule has 5 aliphatic rings. The number of hydrazine groups is 1. The van der Waals surface area contributed by atoms with Crippen LogP contribution in [-0.4, -0.2) is 98.4 Å². The van der Waals surface area contributed by atoms with Gasteiger partial charge in [-0.05, 0) is 45.4 Å². The third-order valence-corrected chi connectivity index (χ3v) is 10.2. The minimum absolute atomic E-state index is 0.163. The summed E-state index contributed by atoms with van der Waals surface area (Å²) in [7, 11) is -1.56. The number of imide groups is 1. The molecule has 0 aromatic heterocycles. The first kappa shape index (κ1) is 23.5. The number of hydrogen-bond donors (Lipinski definition) is 2. The van der Waals surface area contributed by atoms with Crippen molar-refractivity contribution in [2.24, 2.45) is 17.8 Å². The van der Waals surface area contributed by atoms with Crippen molar-refractivity contribution in [3.63, 3.8) is 0 Å². The molecule has 5 unspecified atom stereocenters. The zero-order chi connectivity index (χ0) is 23.4. The van der Waals surface area contributed by atoms with Gasteiger partial charge in [0.15, 0.2) is 0 Å². The van der Waals surface area contributed by atoms with E-state index in [-0.39, 0.29) is 41.8 Å². The van der Waals surface area contributed by atoms with E-state index >= 15 is 0 Å². The fourth-order valence-electron chi connectivity index (χ4n) is 5.91. The summed E-state index contributed by atoms with van der Waals surface area (Å²) in [5.41, 5.74) is 2.91. The van der Waals surface area contributed by atoms with E-state index in [4.69, 9.17) is 4.74 Å². The van der Waals surface area contributed by atoms with E-state index in [1.807, 2.05) is 23.9 Å². The molecule has 0 spiro atoms. The molecule has 3 saturated heterocycles. The molecule has 2 saturated carbocycles. The standard InChI is InChI=1S/C22H37N5O5S/c1-22(6-7-22)24-33(30,31)17-3-4-19-18(9-17)20(28)27(13-16-10-23-25(2)11-16)21(29)26(19)12-15-5-8-32-14-15/h15-19,23-24H,3-14H2,1-2H3. The van der Waals surface area contributed by atoms with Crippen molar-refractivity contribution in [1.29, 1.82) is 0 Å². The van der Waals surface area contributed by atoms with Gasteiger partial charge in [-0.2, -0.15) is 0 Å². The van der Waals surface area contributed by atoms with E-state index in [1.165, 1.54) is 4.90 Å². The number of nitrogens with zero attached hydrogens (tertiary/aromatic N) is 3. The summed E-state index contributed by atoms with van der Waals surface area (Å²) >= 11 is 0. The molecule has 2 aliphatic carbocycles. The normalized spacial score (nSPS) is 37.0. The number of hydrogen-bond acceptors (Lipinski definition) is 7. The van der Waals surface area contributed by atoms with Gasteiger partial charge in [0.25, 0.3) is 0 Å². The SMILES string of the molecule is CN1CC(CN2C(=O)C3CC(S(=O)(=O)NC4(C)CC4)CCC3N(CC3CCOC3)C2=O)CN1. The molecule has 3 heterocycles. The van der Waals surface area contributed by atoms with Gasteiger partial charge in [0.2, 0.25) is 15.9 Å². The van der Waals surface area contributed by atoms with Crippen molar-refractivity contribution in [2.45, 2.75) is 62.3 Å². The van der Waals surface area contributed by atoms with Gasteiger partial charge < -0.3 is 9.64 Å². The zero-order valence-electron chi connectivity index (χ0n) is 19.7. The number of ether oxygens (including phenoxy) is 1. The second kappa shape index (κ2) is 8.75. The smallest absolute Gasteiger partial charge is 0.326 e. The van der Waals surface area contributed by atoms with Crippen LogP contribution >= 0.6 is 0 Å². The number of amides is 3. The average molecular weight is 484 g/mol. The van der Waals surface area contributed by atoms with E-state index in [0.29, 0.717) is 39.1 Å². The van der Waals surface area contributed by atoms with Crippen molar-refractivity contribution >= 4 is 22.0 Å². The Labute approximate surface area is 196 Å². The molecule has 0 aromatic rings. The van der Waals surface area contributed by atoms with Gasteiger partial charge in [-0.3, -0.25) is 15.1 Å². The van der Waals surface area contributed by atoms with E-state index in [9.17, 15) is 18.0 Å². The average Bonchev–Trinajstić information content (AvgIpc) is 3.14. The Bertz CT molecular complexity index is 888. The lowest BCUT2D eigenvalue weighted by atomic mass is 9.80. The third-order valence-electron chi connectivity index (χ3n) is 8.15. The maximum absolute atomic E-state index is 13.6. The second-order valence-electron chi connectivity index (χ2n) is 11.0. The predicted octanol–water partition coefficient (Wildman–Crippen LogP) is 0.363. The number of carbonyl (C=O) groups is 2. The lowest BCUT2D eigenvalue weighted by molar-refractivity contribution is -0.141. The highest BCUT2D eigenvalue weighted by Crippen LogP contribution is 2.40. The van der Waals surface area contributed by atoms with Crippen LogP contribution in [0, 0.1) is 17.8 Å². The molecule has 11 heteroatoms. The number of urea groups is 1. The Morgan fingerprint density at radius 1 is 1.15 bits per heavy atom. The molecular formula is C22H37N5O5S. The molecule has 0 bridgehead atoms. The molecule has 2 N–H and O–H groups in total. The Hall–Kier alpha value is -1.27. The fourth-order valence-corrected chi connectivity index (χ4v) is 7.88. The van der Waals surface area contributed by atoms with Crippen LogP contribution in [0.3, 0.4) is 0 Å². The lowest BCUT2D eigenvalue weighted by Crippen LogP contribution is -2.65. The summed E-state index contributed by atoms with van der Waals surface area (Å²) in [4.78, 5) is 30.4. The highest BCUT2D eigenvalue weighted by atomic mass is 32.2. The minimum Gasteiger partial charge on any atom is -0.381 e. The summed E-state index contributed by atoms with van der Waals surface area (Å²) in [6.07, 6.45) is 3.91. The Morgan fingerprint density at radius 2 is 1.94 bits per heavy atom. The Morgan fingerprint density at radius 3 is 2.58 bits per heavy atom. The lowest BCUT2D eigenvalue weighted by Gasteiger charge is -2.49. The number of carbonyl (C=O) groups excluding carboxylic acids is 2. The molecule has 186 valence electrons. The van der Waals surface area contributed by atoms with Crippen LogP contribution in [0.2, 0.25) is 0 Å². The first-order valence-corrected chi connectivity index (χ1v) is 13.9. The molecule has 5 rings (SSSR count). The topological polar surface area (TPSA) is 111 Å². The van der Waals surface area contributed by atoms with Gasteiger partial charge in [-0.25, -0.2) is 22.9 Å². The molecule has 5 atom stereocenters. The van der Waals surface area contributed by atoms with Gasteiger partial charge in [0.05, 0.1) is 17.8 Å². The highest BCUT2D eigenvalue weighted by molar-refractivity contribution is 7.90. The van der Waals surface area contributed by atoms with Crippen molar-refractivity contribution in [3.8, 4) is 0 Å². The van der Waals surface area contributed by atoms with Gasteiger partial charge in [0.1, 0.15) is 0 Å². The second-order valence-corrected chi connectivity index (χ2v) is 13.0. The first-order valence-electron chi connectivity index (χ1n) is 12.3. The number of fused-ring (bicyclic) bond motifs is 1. The molecule has 3 amide bonds. The Kier molecular flexibility index (Phi) is 6.22. The first-order chi connectivity index (χ1) is 15.7. The predicted molar refractivity (Wildman–Crippen MR) is 121 cm³/mol. The summed E-state index contributed by atoms with van der Waals surface area (Å²) < 4.78 is 34.6. The van der Waals surface area contributed by atoms with Crippen molar-refractivity contribution in [2.75, 3.05) is 46.4 Å². The van der Waals surface area contributed by atoms with E-state index in [2.05, 4.69) is 10.1 Å². The Balaban J connectivity index is 1.36. The van der Waals surface area contributed by atoms with E-state index in [0.717, 1.165) is 32.4 Å². The van der Waals surface area contributed by atoms with Crippen LogP contribution in [0.5, 0.6) is 0 Å². The highest BCUT2D eigenvalue weighted by Gasteiger charge is 2.52. The monoisotopic (exact) mass is 483 g/mol. The van der Waals surface area contributed by atoms with Gasteiger partial charge in [-0.15, -0.1) is 0 Å². The van der Waals surface area contributed by atoms with Crippen molar-refractivity contribution < 1.29 is 22.7 Å². The molecular weight excluding hydrogens is 446 g/mol. The van der Waals surface area contributed by atoms with Crippen LogP contribution in [0.25, 0.3) is 0 Å². The molecule has 10 nitrogen and oxygen atoms in total. The molecule has 5 fully saturated rings. The van der Waals surface area contributed by atoms with E-state index < -0.39 is 21.2 Å². The summed E-state index contributed by atoms with van der Waals surface area (Å²) in [5, 5.41) is 1.39. The number of nitrogens with one attached hydrogen (secondary N) is 2. The maximum Gasteiger partial charge on any atom is 0.326 e. The largest absolute Gasteiger partial charge is 0.381 e. The number of sulfonamides is 1. The summed E-state index contributed by atoms with van der Waals surface area (Å²) in [6, 6.07) is -0.443. The molecule has 3 aliphatic heterocycles. The fraction of sp³-hybridized carbons (Fsp3) is 0.909. The zero-order valence-corrected chi connectivity index (χ0v) is 20.5. The van der Waals surface area contributed by atoms with E-state index in [1.54, 1.807) is 0 Å². The van der Waals surface area contributed by atoms with Gasteiger partial charge in [-0.1, -0.05) is 0 Å². The quantitative estimate of drug-likeness (QED) is 0.538. The maximum atomic E-state index is 13.6. The van der Waals surface area contributed by atoms with Gasteiger partial charge >= 0.3 is 6.03 Å².